The van der Waals surface area contributed by atoms with E-state index < -0.39 is 30.0 Å². The lowest BCUT2D eigenvalue weighted by Crippen LogP contribution is -2.49. The SMILES string of the molecule is O=C(O)CCC1CCN(C(=O)[C@H](CC(=O)OCc2ccccc2)NC(=O)OCC2c3ccccc3-c3ccccc32)C1. The minimum Gasteiger partial charge on any atom is -0.481 e. The van der Waals surface area contributed by atoms with Crippen molar-refractivity contribution in [1.82, 2.24) is 10.2 Å². The monoisotopic (exact) mass is 570 g/mol. The van der Waals surface area contributed by atoms with Gasteiger partial charge in [-0.15, -0.1) is 0 Å². The third-order valence-electron chi connectivity index (χ3n) is 7.91. The maximum absolute atomic E-state index is 13.5. The van der Waals surface area contributed by atoms with Crippen LogP contribution in [0.1, 0.15) is 48.3 Å². The molecule has 9 heteroatoms. The molecule has 0 saturated carbocycles. The second-order valence-electron chi connectivity index (χ2n) is 10.7. The Balaban J connectivity index is 1.23. The molecule has 0 bridgehead atoms. The highest BCUT2D eigenvalue weighted by Crippen LogP contribution is 2.44. The predicted octanol–water partition coefficient (Wildman–Crippen LogP) is 4.74. The van der Waals surface area contributed by atoms with Gasteiger partial charge in [-0.05, 0) is 46.6 Å². The van der Waals surface area contributed by atoms with Crippen LogP contribution in [-0.4, -0.2) is 59.7 Å². The van der Waals surface area contributed by atoms with E-state index in [0.717, 1.165) is 27.8 Å². The zero-order valence-electron chi connectivity index (χ0n) is 23.2. The van der Waals surface area contributed by atoms with E-state index in [2.05, 4.69) is 5.32 Å². The molecule has 1 saturated heterocycles. The van der Waals surface area contributed by atoms with E-state index in [-0.39, 0.29) is 37.9 Å². The van der Waals surface area contributed by atoms with Crippen molar-refractivity contribution in [3.63, 3.8) is 0 Å². The van der Waals surface area contributed by atoms with Gasteiger partial charge in [-0.25, -0.2) is 4.79 Å². The van der Waals surface area contributed by atoms with Crippen molar-refractivity contribution in [2.24, 2.45) is 5.92 Å². The number of ether oxygens (including phenoxy) is 2. The molecule has 1 unspecified atom stereocenters. The first kappa shape index (κ1) is 28.9. The Bertz CT molecular complexity index is 1400. The number of alkyl carbamates (subject to hydrolysis) is 1. The average Bonchev–Trinajstić information content (AvgIpc) is 3.61. The number of nitrogens with zero attached hydrogens (tertiary/aromatic N) is 1. The van der Waals surface area contributed by atoms with Crippen molar-refractivity contribution >= 4 is 23.9 Å². The predicted molar refractivity (Wildman–Crippen MR) is 154 cm³/mol. The van der Waals surface area contributed by atoms with E-state index in [0.29, 0.717) is 25.9 Å². The molecule has 1 aliphatic heterocycles. The molecule has 1 aliphatic carbocycles. The van der Waals surface area contributed by atoms with E-state index in [4.69, 9.17) is 14.6 Å². The second kappa shape index (κ2) is 13.3. The fourth-order valence-corrected chi connectivity index (χ4v) is 5.76. The van der Waals surface area contributed by atoms with E-state index in [1.165, 1.54) is 0 Å². The highest BCUT2D eigenvalue weighted by atomic mass is 16.5. The first-order valence-electron chi connectivity index (χ1n) is 14.2. The Labute approximate surface area is 244 Å². The van der Waals surface area contributed by atoms with E-state index in [1.54, 1.807) is 4.90 Å². The van der Waals surface area contributed by atoms with Gasteiger partial charge in [0, 0.05) is 25.4 Å². The average molecular weight is 571 g/mol. The van der Waals surface area contributed by atoms with Gasteiger partial charge >= 0.3 is 18.0 Å². The van der Waals surface area contributed by atoms with Gasteiger partial charge in [0.1, 0.15) is 19.3 Å². The molecule has 2 aliphatic rings. The Kier molecular flexibility index (Phi) is 9.16. The Morgan fingerprint density at radius 1 is 0.881 bits per heavy atom. The second-order valence-corrected chi connectivity index (χ2v) is 10.7. The lowest BCUT2D eigenvalue weighted by molar-refractivity contribution is -0.148. The number of aliphatic carboxylic acids is 1. The summed E-state index contributed by atoms with van der Waals surface area (Å²) in [5.74, 6) is -2.03. The Hall–Kier alpha value is -4.66. The van der Waals surface area contributed by atoms with Gasteiger partial charge in [-0.3, -0.25) is 14.4 Å². The molecule has 0 aromatic heterocycles. The summed E-state index contributed by atoms with van der Waals surface area (Å²) >= 11 is 0. The number of nitrogens with one attached hydrogen (secondary N) is 1. The number of hydrogen-bond donors (Lipinski definition) is 2. The first-order valence-corrected chi connectivity index (χ1v) is 14.2. The molecule has 0 spiro atoms. The van der Waals surface area contributed by atoms with Gasteiger partial charge in [0.05, 0.1) is 6.42 Å². The van der Waals surface area contributed by atoms with Crippen LogP contribution < -0.4 is 5.32 Å². The van der Waals surface area contributed by atoms with Crippen LogP contribution in [0.5, 0.6) is 0 Å². The standard InChI is InChI=1S/C33H34N2O7/c36-30(37)15-14-22-16-17-35(19-22)32(39)29(18-31(38)41-20-23-8-2-1-3-9-23)34-33(40)42-21-28-26-12-6-4-10-24(26)25-11-5-7-13-27(25)28/h1-13,22,28-29H,14-21H2,(H,34,40)(H,36,37)/t22?,29-/m0/s1. The molecule has 1 heterocycles. The van der Waals surface area contributed by atoms with Crippen LogP contribution >= 0.6 is 0 Å². The largest absolute Gasteiger partial charge is 0.481 e. The molecular weight excluding hydrogens is 536 g/mol. The molecule has 42 heavy (non-hydrogen) atoms. The summed E-state index contributed by atoms with van der Waals surface area (Å²) in [5.41, 5.74) is 5.13. The van der Waals surface area contributed by atoms with Crippen molar-refractivity contribution in [3.05, 3.63) is 95.6 Å². The number of fused-ring (bicyclic) bond motifs is 3. The Morgan fingerprint density at radius 3 is 2.19 bits per heavy atom. The van der Waals surface area contributed by atoms with Gasteiger partial charge in [-0.2, -0.15) is 0 Å². The van der Waals surface area contributed by atoms with Crippen LogP contribution in [0, 0.1) is 5.92 Å². The minimum absolute atomic E-state index is 0.0277. The number of carboxylic acid groups (broad SMARTS) is 1. The van der Waals surface area contributed by atoms with Crippen molar-refractivity contribution < 1.29 is 33.8 Å². The van der Waals surface area contributed by atoms with Crippen LogP contribution in [0.25, 0.3) is 11.1 Å². The molecule has 1 fully saturated rings. The fourth-order valence-electron chi connectivity index (χ4n) is 5.76. The van der Waals surface area contributed by atoms with E-state index >= 15 is 0 Å². The number of benzene rings is 3. The highest BCUT2D eigenvalue weighted by molar-refractivity contribution is 5.90. The van der Waals surface area contributed by atoms with Gasteiger partial charge in [0.15, 0.2) is 0 Å². The molecular formula is C33H34N2O7. The molecule has 2 amide bonds. The highest BCUT2D eigenvalue weighted by Gasteiger charge is 2.35. The third-order valence-corrected chi connectivity index (χ3v) is 7.91. The number of carbonyl (C=O) groups excluding carboxylic acids is 3. The topological polar surface area (TPSA) is 122 Å². The maximum Gasteiger partial charge on any atom is 0.407 e. The van der Waals surface area contributed by atoms with Gasteiger partial charge in [-0.1, -0.05) is 78.9 Å². The molecule has 5 rings (SSSR count). The van der Waals surface area contributed by atoms with E-state index in [1.807, 2.05) is 78.9 Å². The number of likely N-dealkylation sites (tertiary alicyclic amines) is 1. The lowest BCUT2D eigenvalue weighted by atomic mass is 9.98. The van der Waals surface area contributed by atoms with Crippen LogP contribution in [0.15, 0.2) is 78.9 Å². The van der Waals surface area contributed by atoms with Crippen molar-refractivity contribution in [2.45, 2.75) is 44.2 Å². The summed E-state index contributed by atoms with van der Waals surface area (Å²) in [6.45, 7) is 0.909. The summed E-state index contributed by atoms with van der Waals surface area (Å²) in [4.78, 5) is 51.8. The summed E-state index contributed by atoms with van der Waals surface area (Å²) in [5, 5.41) is 11.6. The third kappa shape index (κ3) is 6.97. The molecule has 3 aromatic rings. The number of hydrogen-bond acceptors (Lipinski definition) is 6. The quantitative estimate of drug-likeness (QED) is 0.319. The fraction of sp³-hybridized carbons (Fsp3) is 0.333. The first-order chi connectivity index (χ1) is 20.4. The van der Waals surface area contributed by atoms with Gasteiger partial charge in [0.25, 0.3) is 0 Å². The molecule has 0 radical (unpaired) electrons. The molecule has 2 atom stereocenters. The van der Waals surface area contributed by atoms with Gasteiger partial charge < -0.3 is 24.8 Å². The van der Waals surface area contributed by atoms with E-state index in [9.17, 15) is 19.2 Å². The molecule has 2 N–H and O–H groups in total. The van der Waals surface area contributed by atoms with Crippen molar-refractivity contribution in [3.8, 4) is 11.1 Å². The van der Waals surface area contributed by atoms with Crippen LogP contribution in [0.2, 0.25) is 0 Å². The van der Waals surface area contributed by atoms with Crippen molar-refractivity contribution in [2.75, 3.05) is 19.7 Å². The zero-order chi connectivity index (χ0) is 29.5. The van der Waals surface area contributed by atoms with Gasteiger partial charge in [0.2, 0.25) is 5.91 Å². The van der Waals surface area contributed by atoms with Crippen LogP contribution in [0.3, 0.4) is 0 Å². The lowest BCUT2D eigenvalue weighted by Gasteiger charge is -2.24. The number of amides is 2. The number of carbonyl (C=O) groups is 4. The summed E-state index contributed by atoms with van der Waals surface area (Å²) in [7, 11) is 0. The molecule has 9 nitrogen and oxygen atoms in total. The number of rotatable bonds is 11. The minimum atomic E-state index is -1.18. The smallest absolute Gasteiger partial charge is 0.407 e. The molecule has 3 aromatic carbocycles. The normalized spacial score (nSPS) is 16.3. The number of esters is 1. The van der Waals surface area contributed by atoms with Crippen LogP contribution in [0.4, 0.5) is 4.79 Å². The zero-order valence-corrected chi connectivity index (χ0v) is 23.2. The van der Waals surface area contributed by atoms with Crippen LogP contribution in [-0.2, 0) is 30.5 Å². The summed E-state index contributed by atoms with van der Waals surface area (Å²) < 4.78 is 11.0. The Morgan fingerprint density at radius 2 is 1.52 bits per heavy atom. The summed E-state index contributed by atoms with van der Waals surface area (Å²) in [6, 6.07) is 24.0. The number of carboxylic acids is 1. The summed E-state index contributed by atoms with van der Waals surface area (Å²) in [6.07, 6.45) is -0.00286. The molecule has 218 valence electrons. The maximum atomic E-state index is 13.5. The van der Waals surface area contributed by atoms with Crippen molar-refractivity contribution in [1.29, 1.82) is 0 Å².